The number of rotatable bonds is 8. The number of ether oxygens (including phenoxy) is 1. The molecule has 1 atom stereocenters. The summed E-state index contributed by atoms with van der Waals surface area (Å²) in [5, 5.41) is 11.8. The summed E-state index contributed by atoms with van der Waals surface area (Å²) in [5.41, 5.74) is 2.50. The standard InChI is InChI=1S/C16H23NO4/c1-4-5-6-21-10-14(18)17-15(16(19)20)13-8-11(2)7-12(3)9-13/h7-9,15H,4-6,10H2,1-3H3,(H,17,18)(H,19,20). The van der Waals surface area contributed by atoms with Crippen LogP contribution >= 0.6 is 0 Å². The molecule has 0 aliphatic heterocycles. The third-order valence-corrected chi connectivity index (χ3v) is 3.01. The van der Waals surface area contributed by atoms with Crippen LogP contribution in [0.3, 0.4) is 0 Å². The zero-order valence-electron chi connectivity index (χ0n) is 12.8. The van der Waals surface area contributed by atoms with E-state index in [1.165, 1.54) is 0 Å². The van der Waals surface area contributed by atoms with Crippen molar-refractivity contribution in [3.63, 3.8) is 0 Å². The number of carbonyl (C=O) groups excluding carboxylic acids is 1. The highest BCUT2D eigenvalue weighted by Gasteiger charge is 2.22. The van der Waals surface area contributed by atoms with Crippen molar-refractivity contribution in [2.24, 2.45) is 0 Å². The van der Waals surface area contributed by atoms with Gasteiger partial charge in [0.05, 0.1) is 0 Å². The first-order valence-corrected chi connectivity index (χ1v) is 7.12. The zero-order valence-corrected chi connectivity index (χ0v) is 12.8. The van der Waals surface area contributed by atoms with Gasteiger partial charge < -0.3 is 15.2 Å². The second-order valence-electron chi connectivity index (χ2n) is 5.17. The molecule has 0 saturated carbocycles. The predicted molar refractivity (Wildman–Crippen MR) is 80.2 cm³/mol. The fourth-order valence-electron chi connectivity index (χ4n) is 2.08. The highest BCUT2D eigenvalue weighted by atomic mass is 16.5. The van der Waals surface area contributed by atoms with Crippen molar-refractivity contribution in [1.82, 2.24) is 5.32 Å². The van der Waals surface area contributed by atoms with E-state index in [0.29, 0.717) is 12.2 Å². The van der Waals surface area contributed by atoms with Gasteiger partial charge in [-0.15, -0.1) is 0 Å². The summed E-state index contributed by atoms with van der Waals surface area (Å²) in [6, 6.07) is 4.44. The van der Waals surface area contributed by atoms with E-state index in [4.69, 9.17) is 4.74 Å². The van der Waals surface area contributed by atoms with Gasteiger partial charge in [-0.25, -0.2) is 4.79 Å². The Hall–Kier alpha value is -1.88. The van der Waals surface area contributed by atoms with E-state index in [-0.39, 0.29) is 6.61 Å². The Morgan fingerprint density at radius 2 is 1.86 bits per heavy atom. The molecular formula is C16H23NO4. The first kappa shape index (κ1) is 17.2. The number of aryl methyl sites for hydroxylation is 2. The number of benzene rings is 1. The fourth-order valence-corrected chi connectivity index (χ4v) is 2.08. The average molecular weight is 293 g/mol. The van der Waals surface area contributed by atoms with Crippen LogP contribution in [0.5, 0.6) is 0 Å². The Morgan fingerprint density at radius 1 is 1.24 bits per heavy atom. The van der Waals surface area contributed by atoms with Gasteiger partial charge in [0, 0.05) is 6.61 Å². The van der Waals surface area contributed by atoms with Gasteiger partial charge in [0.2, 0.25) is 5.91 Å². The predicted octanol–water partition coefficient (Wildman–Crippen LogP) is 2.36. The minimum Gasteiger partial charge on any atom is -0.479 e. The van der Waals surface area contributed by atoms with Crippen LogP contribution in [0.1, 0.15) is 42.5 Å². The number of unbranched alkanes of at least 4 members (excludes halogenated alkanes) is 1. The molecule has 0 saturated heterocycles. The first-order valence-electron chi connectivity index (χ1n) is 7.12. The molecule has 5 heteroatoms. The van der Waals surface area contributed by atoms with Crippen molar-refractivity contribution in [2.45, 2.75) is 39.7 Å². The molecule has 21 heavy (non-hydrogen) atoms. The molecule has 0 aliphatic carbocycles. The second-order valence-corrected chi connectivity index (χ2v) is 5.17. The van der Waals surface area contributed by atoms with Crippen molar-refractivity contribution in [1.29, 1.82) is 0 Å². The van der Waals surface area contributed by atoms with E-state index in [0.717, 1.165) is 24.0 Å². The molecule has 1 unspecified atom stereocenters. The summed E-state index contributed by atoms with van der Waals surface area (Å²) in [7, 11) is 0. The summed E-state index contributed by atoms with van der Waals surface area (Å²) < 4.78 is 5.19. The normalized spacial score (nSPS) is 12.0. The monoisotopic (exact) mass is 293 g/mol. The molecule has 1 rings (SSSR count). The number of hydrogen-bond acceptors (Lipinski definition) is 3. The van der Waals surface area contributed by atoms with Crippen LogP contribution in [0.25, 0.3) is 0 Å². The molecule has 0 spiro atoms. The minimum absolute atomic E-state index is 0.116. The molecular weight excluding hydrogens is 270 g/mol. The van der Waals surface area contributed by atoms with Gasteiger partial charge in [-0.1, -0.05) is 42.7 Å². The Labute approximate surface area is 125 Å². The summed E-state index contributed by atoms with van der Waals surface area (Å²) >= 11 is 0. The number of hydrogen-bond donors (Lipinski definition) is 2. The molecule has 0 bridgehead atoms. The number of carboxylic acid groups (broad SMARTS) is 1. The van der Waals surface area contributed by atoms with Gasteiger partial charge in [0.1, 0.15) is 6.61 Å². The van der Waals surface area contributed by atoms with Crippen LogP contribution in [0, 0.1) is 13.8 Å². The maximum Gasteiger partial charge on any atom is 0.330 e. The summed E-state index contributed by atoms with van der Waals surface area (Å²) in [6.07, 6.45) is 1.87. The molecule has 1 aromatic carbocycles. The lowest BCUT2D eigenvalue weighted by Crippen LogP contribution is -2.36. The van der Waals surface area contributed by atoms with Gasteiger partial charge in [-0.2, -0.15) is 0 Å². The second kappa shape index (κ2) is 8.42. The Balaban J connectivity index is 2.69. The van der Waals surface area contributed by atoms with E-state index in [2.05, 4.69) is 5.32 Å². The molecule has 0 fully saturated rings. The lowest BCUT2D eigenvalue weighted by Gasteiger charge is -2.16. The maximum atomic E-state index is 11.8. The topological polar surface area (TPSA) is 75.6 Å². The molecule has 116 valence electrons. The van der Waals surface area contributed by atoms with Gasteiger partial charge in [-0.05, 0) is 25.8 Å². The van der Waals surface area contributed by atoms with E-state index in [1.54, 1.807) is 12.1 Å². The molecule has 0 radical (unpaired) electrons. The molecule has 1 amide bonds. The molecule has 0 heterocycles. The fraction of sp³-hybridized carbons (Fsp3) is 0.500. The van der Waals surface area contributed by atoms with Crippen molar-refractivity contribution >= 4 is 11.9 Å². The third kappa shape index (κ3) is 5.95. The van der Waals surface area contributed by atoms with Crippen LogP contribution in [0.15, 0.2) is 18.2 Å². The smallest absolute Gasteiger partial charge is 0.330 e. The first-order chi connectivity index (χ1) is 9.93. The Bertz CT molecular complexity index is 479. The summed E-state index contributed by atoms with van der Waals surface area (Å²) in [6.45, 7) is 6.21. The average Bonchev–Trinajstić information content (AvgIpc) is 2.39. The van der Waals surface area contributed by atoms with Crippen LogP contribution in [0.4, 0.5) is 0 Å². The summed E-state index contributed by atoms with van der Waals surface area (Å²) in [5.74, 6) is -1.50. The number of amides is 1. The largest absolute Gasteiger partial charge is 0.479 e. The van der Waals surface area contributed by atoms with Gasteiger partial charge in [0.25, 0.3) is 0 Å². The quantitative estimate of drug-likeness (QED) is 0.721. The van der Waals surface area contributed by atoms with Crippen LogP contribution < -0.4 is 5.32 Å². The van der Waals surface area contributed by atoms with Crippen molar-refractivity contribution < 1.29 is 19.4 Å². The van der Waals surface area contributed by atoms with E-state index in [9.17, 15) is 14.7 Å². The van der Waals surface area contributed by atoms with Gasteiger partial charge >= 0.3 is 5.97 Å². The molecule has 2 N–H and O–H groups in total. The van der Waals surface area contributed by atoms with E-state index in [1.807, 2.05) is 26.8 Å². The third-order valence-electron chi connectivity index (χ3n) is 3.01. The van der Waals surface area contributed by atoms with E-state index >= 15 is 0 Å². The SMILES string of the molecule is CCCCOCC(=O)NC(C(=O)O)c1cc(C)cc(C)c1. The number of carbonyl (C=O) groups is 2. The molecule has 1 aromatic rings. The van der Waals surface area contributed by atoms with Crippen LogP contribution in [0.2, 0.25) is 0 Å². The van der Waals surface area contributed by atoms with Crippen LogP contribution in [-0.2, 0) is 14.3 Å². The van der Waals surface area contributed by atoms with Gasteiger partial charge in [0.15, 0.2) is 6.04 Å². The zero-order chi connectivity index (χ0) is 15.8. The van der Waals surface area contributed by atoms with Crippen molar-refractivity contribution in [3.05, 3.63) is 34.9 Å². The number of aliphatic carboxylic acids is 1. The Morgan fingerprint density at radius 3 is 2.38 bits per heavy atom. The van der Waals surface area contributed by atoms with E-state index < -0.39 is 17.9 Å². The summed E-state index contributed by atoms with van der Waals surface area (Å²) in [4.78, 5) is 23.1. The van der Waals surface area contributed by atoms with Crippen molar-refractivity contribution in [3.8, 4) is 0 Å². The van der Waals surface area contributed by atoms with Gasteiger partial charge in [-0.3, -0.25) is 4.79 Å². The van der Waals surface area contributed by atoms with Crippen LogP contribution in [-0.4, -0.2) is 30.2 Å². The lowest BCUT2D eigenvalue weighted by molar-refractivity contribution is -0.142. The lowest BCUT2D eigenvalue weighted by atomic mass is 10.0. The number of nitrogens with one attached hydrogen (secondary N) is 1. The molecule has 0 aliphatic rings. The molecule has 5 nitrogen and oxygen atoms in total. The maximum absolute atomic E-state index is 11.8. The highest BCUT2D eigenvalue weighted by molar-refractivity contribution is 5.85. The highest BCUT2D eigenvalue weighted by Crippen LogP contribution is 2.17. The van der Waals surface area contributed by atoms with Crippen molar-refractivity contribution in [2.75, 3.05) is 13.2 Å². The number of carboxylic acids is 1. The minimum atomic E-state index is -1.08. The molecule has 0 aromatic heterocycles. The Kier molecular flexibility index (Phi) is 6.88.